The number of hydrogen-bond donors (Lipinski definition) is 3. The molecule has 6 heteroatoms. The SMILES string of the molecule is CN(C)C(=O)CNC(=O)C1CNCCN1. The Kier molecular flexibility index (Phi) is 4.51. The van der Waals surface area contributed by atoms with Crippen LogP contribution in [0.3, 0.4) is 0 Å². The van der Waals surface area contributed by atoms with Crippen molar-refractivity contribution in [2.24, 2.45) is 0 Å². The standard InChI is InChI=1S/C9H18N4O2/c1-13(2)8(14)6-12-9(15)7-5-10-3-4-11-7/h7,10-11H,3-6H2,1-2H3,(H,12,15). The number of piperazine rings is 1. The monoisotopic (exact) mass is 214 g/mol. The average Bonchev–Trinajstić information content (AvgIpc) is 2.26. The first-order valence-electron chi connectivity index (χ1n) is 5.03. The maximum atomic E-state index is 11.5. The number of likely N-dealkylation sites (N-methyl/N-ethyl adjacent to an activating group) is 1. The van der Waals surface area contributed by atoms with E-state index in [4.69, 9.17) is 0 Å². The van der Waals surface area contributed by atoms with Crippen LogP contribution >= 0.6 is 0 Å². The van der Waals surface area contributed by atoms with E-state index in [0.717, 1.165) is 13.1 Å². The first-order valence-corrected chi connectivity index (χ1v) is 5.03. The zero-order valence-electron chi connectivity index (χ0n) is 9.17. The van der Waals surface area contributed by atoms with Crippen LogP contribution in [0.1, 0.15) is 0 Å². The molecule has 1 atom stereocenters. The predicted octanol–water partition coefficient (Wildman–Crippen LogP) is -2.25. The number of amides is 2. The van der Waals surface area contributed by atoms with Gasteiger partial charge in [0.25, 0.3) is 0 Å². The number of nitrogens with one attached hydrogen (secondary N) is 3. The van der Waals surface area contributed by atoms with Crippen LogP contribution in [0.2, 0.25) is 0 Å². The summed E-state index contributed by atoms with van der Waals surface area (Å²) in [6.45, 7) is 2.33. The summed E-state index contributed by atoms with van der Waals surface area (Å²) in [6, 6.07) is -0.228. The van der Waals surface area contributed by atoms with E-state index in [1.54, 1.807) is 14.1 Å². The minimum atomic E-state index is -0.228. The molecule has 0 aromatic heterocycles. The summed E-state index contributed by atoms with van der Waals surface area (Å²) in [7, 11) is 3.32. The van der Waals surface area contributed by atoms with Crippen molar-refractivity contribution < 1.29 is 9.59 Å². The molecule has 1 unspecified atom stereocenters. The molecule has 0 radical (unpaired) electrons. The summed E-state index contributed by atoms with van der Waals surface area (Å²) >= 11 is 0. The number of carbonyl (C=O) groups excluding carboxylic acids is 2. The third-order valence-electron chi connectivity index (χ3n) is 2.27. The van der Waals surface area contributed by atoms with E-state index in [1.165, 1.54) is 4.90 Å². The molecule has 3 N–H and O–H groups in total. The van der Waals surface area contributed by atoms with Gasteiger partial charge in [0.1, 0.15) is 0 Å². The molecule has 0 aliphatic carbocycles. The maximum Gasteiger partial charge on any atom is 0.241 e. The Labute approximate surface area is 89.4 Å². The van der Waals surface area contributed by atoms with Gasteiger partial charge in [-0.1, -0.05) is 0 Å². The van der Waals surface area contributed by atoms with Gasteiger partial charge >= 0.3 is 0 Å². The van der Waals surface area contributed by atoms with Crippen LogP contribution in [0.4, 0.5) is 0 Å². The highest BCUT2D eigenvalue weighted by Crippen LogP contribution is 1.87. The Bertz CT molecular complexity index is 236. The predicted molar refractivity (Wildman–Crippen MR) is 56.4 cm³/mol. The summed E-state index contributed by atoms with van der Waals surface area (Å²) < 4.78 is 0. The molecule has 0 spiro atoms. The molecule has 1 saturated heterocycles. The van der Waals surface area contributed by atoms with E-state index >= 15 is 0 Å². The molecule has 86 valence electrons. The molecule has 1 aliphatic rings. The Hall–Kier alpha value is -1.14. The van der Waals surface area contributed by atoms with Gasteiger partial charge in [-0.25, -0.2) is 0 Å². The van der Waals surface area contributed by atoms with Gasteiger partial charge in [0, 0.05) is 33.7 Å². The van der Waals surface area contributed by atoms with Crippen LogP contribution in [0.5, 0.6) is 0 Å². The fraction of sp³-hybridized carbons (Fsp3) is 0.778. The number of rotatable bonds is 3. The lowest BCUT2D eigenvalue weighted by atomic mass is 10.2. The molecular formula is C9H18N4O2. The van der Waals surface area contributed by atoms with Crippen molar-refractivity contribution >= 4 is 11.8 Å². The second-order valence-electron chi connectivity index (χ2n) is 3.72. The van der Waals surface area contributed by atoms with Gasteiger partial charge in [-0.15, -0.1) is 0 Å². The topological polar surface area (TPSA) is 73.5 Å². The first-order chi connectivity index (χ1) is 7.11. The van der Waals surface area contributed by atoms with E-state index in [-0.39, 0.29) is 24.4 Å². The Morgan fingerprint density at radius 1 is 1.40 bits per heavy atom. The summed E-state index contributed by atoms with van der Waals surface area (Å²) in [5.74, 6) is -0.232. The van der Waals surface area contributed by atoms with Crippen molar-refractivity contribution in [3.63, 3.8) is 0 Å². The number of hydrogen-bond acceptors (Lipinski definition) is 4. The largest absolute Gasteiger partial charge is 0.347 e. The molecule has 1 rings (SSSR count). The van der Waals surface area contributed by atoms with Gasteiger partial charge in [-0.05, 0) is 0 Å². The summed E-state index contributed by atoms with van der Waals surface area (Å²) in [5.41, 5.74) is 0. The Morgan fingerprint density at radius 3 is 2.67 bits per heavy atom. The molecule has 2 amide bonds. The van der Waals surface area contributed by atoms with Crippen molar-refractivity contribution in [3.8, 4) is 0 Å². The molecule has 0 saturated carbocycles. The van der Waals surface area contributed by atoms with Gasteiger partial charge in [-0.3, -0.25) is 9.59 Å². The Morgan fingerprint density at radius 2 is 2.13 bits per heavy atom. The minimum absolute atomic E-state index is 0.0595. The van der Waals surface area contributed by atoms with Crippen molar-refractivity contribution in [2.45, 2.75) is 6.04 Å². The highest BCUT2D eigenvalue weighted by molar-refractivity contribution is 5.87. The van der Waals surface area contributed by atoms with Gasteiger partial charge < -0.3 is 20.9 Å². The first kappa shape index (κ1) is 11.9. The molecule has 15 heavy (non-hydrogen) atoms. The highest BCUT2D eigenvalue weighted by Gasteiger charge is 2.20. The van der Waals surface area contributed by atoms with Gasteiger partial charge in [0.05, 0.1) is 12.6 Å². The second kappa shape index (κ2) is 5.67. The highest BCUT2D eigenvalue weighted by atomic mass is 16.2. The molecule has 0 bridgehead atoms. The number of carbonyl (C=O) groups is 2. The van der Waals surface area contributed by atoms with Crippen LogP contribution in [-0.2, 0) is 9.59 Å². The van der Waals surface area contributed by atoms with Gasteiger partial charge in [0.2, 0.25) is 11.8 Å². The lowest BCUT2D eigenvalue weighted by Crippen LogP contribution is -2.56. The lowest BCUT2D eigenvalue weighted by molar-refractivity contribution is -0.131. The van der Waals surface area contributed by atoms with Crippen LogP contribution < -0.4 is 16.0 Å². The van der Waals surface area contributed by atoms with E-state index < -0.39 is 0 Å². The van der Waals surface area contributed by atoms with E-state index in [2.05, 4.69) is 16.0 Å². The average molecular weight is 214 g/mol. The maximum absolute atomic E-state index is 11.5. The molecular weight excluding hydrogens is 196 g/mol. The normalized spacial score (nSPS) is 20.8. The number of nitrogens with zero attached hydrogens (tertiary/aromatic N) is 1. The molecule has 6 nitrogen and oxygen atoms in total. The van der Waals surface area contributed by atoms with Crippen molar-refractivity contribution in [1.82, 2.24) is 20.9 Å². The molecule has 1 aliphatic heterocycles. The summed E-state index contributed by atoms with van der Waals surface area (Å²) in [6.07, 6.45) is 0. The van der Waals surface area contributed by atoms with Crippen LogP contribution in [0.25, 0.3) is 0 Å². The van der Waals surface area contributed by atoms with Crippen LogP contribution in [0, 0.1) is 0 Å². The summed E-state index contributed by atoms with van der Waals surface area (Å²) in [4.78, 5) is 24.2. The summed E-state index contributed by atoms with van der Waals surface area (Å²) in [5, 5.41) is 8.78. The zero-order valence-corrected chi connectivity index (χ0v) is 9.17. The van der Waals surface area contributed by atoms with Gasteiger partial charge in [-0.2, -0.15) is 0 Å². The molecule has 0 aromatic rings. The third-order valence-corrected chi connectivity index (χ3v) is 2.27. The van der Waals surface area contributed by atoms with E-state index in [0.29, 0.717) is 6.54 Å². The molecule has 0 aromatic carbocycles. The lowest BCUT2D eigenvalue weighted by Gasteiger charge is -2.23. The van der Waals surface area contributed by atoms with Crippen molar-refractivity contribution in [3.05, 3.63) is 0 Å². The van der Waals surface area contributed by atoms with E-state index in [9.17, 15) is 9.59 Å². The van der Waals surface area contributed by atoms with Crippen LogP contribution in [0.15, 0.2) is 0 Å². The second-order valence-corrected chi connectivity index (χ2v) is 3.72. The van der Waals surface area contributed by atoms with Gasteiger partial charge in [0.15, 0.2) is 0 Å². The fourth-order valence-electron chi connectivity index (χ4n) is 1.28. The molecule has 1 fully saturated rings. The Balaban J connectivity index is 2.26. The smallest absolute Gasteiger partial charge is 0.241 e. The van der Waals surface area contributed by atoms with Crippen LogP contribution in [-0.4, -0.2) is 63.0 Å². The van der Waals surface area contributed by atoms with Crippen molar-refractivity contribution in [1.29, 1.82) is 0 Å². The van der Waals surface area contributed by atoms with Crippen molar-refractivity contribution in [2.75, 3.05) is 40.3 Å². The fourth-order valence-corrected chi connectivity index (χ4v) is 1.28. The quantitative estimate of drug-likeness (QED) is 0.496. The minimum Gasteiger partial charge on any atom is -0.347 e. The molecule has 1 heterocycles. The van der Waals surface area contributed by atoms with E-state index in [1.807, 2.05) is 0 Å². The zero-order chi connectivity index (χ0) is 11.3. The third kappa shape index (κ3) is 3.85.